The number of likely N-dealkylation sites (N-methyl/N-ethyl adjacent to an activating group) is 1. The number of hydrogen-bond acceptors (Lipinski definition) is 3. The van der Waals surface area contributed by atoms with Crippen molar-refractivity contribution in [3.05, 3.63) is 0 Å². The molecule has 0 aliphatic heterocycles. The van der Waals surface area contributed by atoms with Gasteiger partial charge >= 0.3 is 12.1 Å². The first-order valence-electron chi connectivity index (χ1n) is 3.67. The van der Waals surface area contributed by atoms with E-state index in [1.807, 2.05) is 6.92 Å². The van der Waals surface area contributed by atoms with Crippen molar-refractivity contribution in [1.29, 1.82) is 0 Å². The zero-order valence-electron chi connectivity index (χ0n) is 7.24. The van der Waals surface area contributed by atoms with Crippen LogP contribution in [-0.4, -0.2) is 42.3 Å². The van der Waals surface area contributed by atoms with Gasteiger partial charge in [0.25, 0.3) is 0 Å². The van der Waals surface area contributed by atoms with Crippen LogP contribution in [0.1, 0.15) is 13.3 Å². The molecule has 1 N–H and O–H groups in total. The van der Waals surface area contributed by atoms with Crippen LogP contribution >= 0.6 is 0 Å². The van der Waals surface area contributed by atoms with Crippen molar-refractivity contribution in [3.63, 3.8) is 0 Å². The molecule has 5 nitrogen and oxygen atoms in total. The zero-order valence-corrected chi connectivity index (χ0v) is 7.24. The summed E-state index contributed by atoms with van der Waals surface area (Å²) in [7, 11) is 1.38. The number of nitrogens with zero attached hydrogens (tertiary/aromatic N) is 1. The molecule has 70 valence electrons. The van der Waals surface area contributed by atoms with Crippen molar-refractivity contribution >= 4 is 12.1 Å². The highest BCUT2D eigenvalue weighted by molar-refractivity contribution is 5.76. The van der Waals surface area contributed by atoms with Crippen LogP contribution < -0.4 is 0 Å². The van der Waals surface area contributed by atoms with Crippen LogP contribution in [-0.2, 0) is 9.53 Å². The predicted molar refractivity (Wildman–Crippen MR) is 41.9 cm³/mol. The summed E-state index contributed by atoms with van der Waals surface area (Å²) >= 11 is 0. The second kappa shape index (κ2) is 5.40. The summed E-state index contributed by atoms with van der Waals surface area (Å²) in [6.07, 6.45) is 0.131. The number of aliphatic carboxylic acids is 1. The molecule has 0 radical (unpaired) electrons. The summed E-state index contributed by atoms with van der Waals surface area (Å²) in [5.41, 5.74) is 0. The number of carbonyl (C=O) groups is 2. The number of ether oxygens (including phenoxy) is 1. The predicted octanol–water partition coefficient (Wildman–Crippen LogP) is 0.549. The van der Waals surface area contributed by atoms with Crippen LogP contribution in [0.15, 0.2) is 0 Å². The molecular weight excluding hydrogens is 162 g/mol. The summed E-state index contributed by atoms with van der Waals surface area (Å²) in [5.74, 6) is -1.05. The first-order chi connectivity index (χ1) is 5.57. The SMILES string of the molecule is CCCOC(=O)N(C)CC(=O)O. The fourth-order valence-corrected chi connectivity index (χ4v) is 0.567. The Morgan fingerprint density at radius 1 is 1.50 bits per heavy atom. The van der Waals surface area contributed by atoms with Gasteiger partial charge in [-0.2, -0.15) is 0 Å². The van der Waals surface area contributed by atoms with Crippen LogP contribution in [0.4, 0.5) is 4.79 Å². The molecule has 0 heterocycles. The lowest BCUT2D eigenvalue weighted by molar-refractivity contribution is -0.137. The smallest absolute Gasteiger partial charge is 0.410 e. The standard InChI is InChI=1S/C7H13NO4/c1-3-4-12-7(11)8(2)5-6(9)10/h3-5H2,1-2H3,(H,9,10). The molecule has 1 amide bonds. The number of hydrogen-bond donors (Lipinski definition) is 1. The molecular formula is C7H13NO4. The fraction of sp³-hybridized carbons (Fsp3) is 0.714. The largest absolute Gasteiger partial charge is 0.480 e. The van der Waals surface area contributed by atoms with E-state index in [-0.39, 0.29) is 6.54 Å². The Kier molecular flexibility index (Phi) is 4.83. The second-order valence-corrected chi connectivity index (χ2v) is 2.36. The number of amides is 1. The Bertz CT molecular complexity index is 169. The van der Waals surface area contributed by atoms with Crippen molar-refractivity contribution in [1.82, 2.24) is 4.90 Å². The minimum absolute atomic E-state index is 0.322. The maximum absolute atomic E-state index is 10.9. The van der Waals surface area contributed by atoms with Crippen LogP contribution in [0.5, 0.6) is 0 Å². The molecule has 0 saturated carbocycles. The van der Waals surface area contributed by atoms with E-state index in [1.165, 1.54) is 7.05 Å². The molecule has 0 atom stereocenters. The molecule has 5 heteroatoms. The van der Waals surface area contributed by atoms with E-state index in [0.717, 1.165) is 11.3 Å². The quantitative estimate of drug-likeness (QED) is 0.677. The van der Waals surface area contributed by atoms with Gasteiger partial charge in [0.15, 0.2) is 0 Å². The lowest BCUT2D eigenvalue weighted by Crippen LogP contribution is -2.32. The van der Waals surface area contributed by atoms with E-state index < -0.39 is 12.1 Å². The molecule has 0 rings (SSSR count). The molecule has 0 aromatic carbocycles. The van der Waals surface area contributed by atoms with Gasteiger partial charge in [0.2, 0.25) is 0 Å². The van der Waals surface area contributed by atoms with Gasteiger partial charge in [-0.1, -0.05) is 6.92 Å². The normalized spacial score (nSPS) is 9.17. The lowest BCUT2D eigenvalue weighted by atomic mass is 10.5. The van der Waals surface area contributed by atoms with Crippen molar-refractivity contribution in [2.75, 3.05) is 20.2 Å². The molecule has 0 saturated heterocycles. The molecule has 12 heavy (non-hydrogen) atoms. The zero-order chi connectivity index (χ0) is 9.56. The highest BCUT2D eigenvalue weighted by Gasteiger charge is 2.11. The minimum Gasteiger partial charge on any atom is -0.480 e. The molecule has 0 unspecified atom stereocenters. The number of rotatable bonds is 4. The van der Waals surface area contributed by atoms with E-state index in [9.17, 15) is 9.59 Å². The van der Waals surface area contributed by atoms with Gasteiger partial charge in [-0.15, -0.1) is 0 Å². The molecule has 0 fully saturated rings. The summed E-state index contributed by atoms with van der Waals surface area (Å²) in [5, 5.41) is 8.31. The van der Waals surface area contributed by atoms with Crippen molar-refractivity contribution in [3.8, 4) is 0 Å². The highest BCUT2D eigenvalue weighted by atomic mass is 16.6. The van der Waals surface area contributed by atoms with E-state index in [0.29, 0.717) is 6.61 Å². The second-order valence-electron chi connectivity index (χ2n) is 2.36. The van der Waals surface area contributed by atoms with Crippen molar-refractivity contribution in [2.24, 2.45) is 0 Å². The van der Waals surface area contributed by atoms with Crippen molar-refractivity contribution < 1.29 is 19.4 Å². The Hall–Kier alpha value is -1.26. The van der Waals surface area contributed by atoms with Crippen LogP contribution in [0.2, 0.25) is 0 Å². The first kappa shape index (κ1) is 10.7. The average molecular weight is 175 g/mol. The molecule has 0 aliphatic rings. The highest BCUT2D eigenvalue weighted by Crippen LogP contribution is 1.90. The van der Waals surface area contributed by atoms with Gasteiger partial charge < -0.3 is 14.7 Å². The number of carbonyl (C=O) groups excluding carboxylic acids is 1. The molecule has 0 aromatic heterocycles. The van der Waals surface area contributed by atoms with Gasteiger partial charge in [0.1, 0.15) is 6.54 Å². The fourth-order valence-electron chi connectivity index (χ4n) is 0.567. The maximum Gasteiger partial charge on any atom is 0.410 e. The Balaban J connectivity index is 3.69. The van der Waals surface area contributed by atoms with E-state index in [2.05, 4.69) is 4.74 Å². The average Bonchev–Trinajstić information content (AvgIpc) is 1.98. The summed E-state index contributed by atoms with van der Waals surface area (Å²) in [4.78, 5) is 22.0. The van der Waals surface area contributed by atoms with Gasteiger partial charge in [-0.05, 0) is 6.42 Å². The molecule has 0 spiro atoms. The Labute approximate surface area is 70.9 Å². The monoisotopic (exact) mass is 175 g/mol. The van der Waals surface area contributed by atoms with Gasteiger partial charge in [0.05, 0.1) is 6.61 Å². The van der Waals surface area contributed by atoms with Crippen LogP contribution in [0.25, 0.3) is 0 Å². The van der Waals surface area contributed by atoms with Crippen LogP contribution in [0.3, 0.4) is 0 Å². The molecule has 0 bridgehead atoms. The summed E-state index contributed by atoms with van der Waals surface area (Å²) in [6.45, 7) is 1.86. The third kappa shape index (κ3) is 4.54. The molecule has 0 aliphatic carbocycles. The first-order valence-corrected chi connectivity index (χ1v) is 3.67. The van der Waals surface area contributed by atoms with Gasteiger partial charge in [-0.25, -0.2) is 4.79 Å². The maximum atomic E-state index is 10.9. The third-order valence-corrected chi connectivity index (χ3v) is 1.11. The topological polar surface area (TPSA) is 66.8 Å². The van der Waals surface area contributed by atoms with E-state index in [1.54, 1.807) is 0 Å². The summed E-state index contributed by atoms with van der Waals surface area (Å²) in [6, 6.07) is 0. The van der Waals surface area contributed by atoms with E-state index >= 15 is 0 Å². The summed E-state index contributed by atoms with van der Waals surface area (Å²) < 4.78 is 4.68. The van der Waals surface area contributed by atoms with Crippen molar-refractivity contribution in [2.45, 2.75) is 13.3 Å². The molecule has 0 aromatic rings. The third-order valence-electron chi connectivity index (χ3n) is 1.11. The number of carboxylic acids is 1. The Morgan fingerprint density at radius 2 is 2.08 bits per heavy atom. The van der Waals surface area contributed by atoms with E-state index in [4.69, 9.17) is 5.11 Å². The Morgan fingerprint density at radius 3 is 2.50 bits per heavy atom. The minimum atomic E-state index is -1.05. The van der Waals surface area contributed by atoms with Gasteiger partial charge in [-0.3, -0.25) is 4.79 Å². The van der Waals surface area contributed by atoms with Gasteiger partial charge in [0, 0.05) is 7.05 Å². The lowest BCUT2D eigenvalue weighted by Gasteiger charge is -2.13. The number of carboxylic acid groups (broad SMARTS) is 1. The van der Waals surface area contributed by atoms with Crippen LogP contribution in [0, 0.1) is 0 Å².